The van der Waals surface area contributed by atoms with Crippen LogP contribution in [0.5, 0.6) is 0 Å². The van der Waals surface area contributed by atoms with Gasteiger partial charge in [0.2, 0.25) is 5.89 Å². The Labute approximate surface area is 113 Å². The second-order valence-corrected chi connectivity index (χ2v) is 4.81. The van der Waals surface area contributed by atoms with Gasteiger partial charge in [0.25, 0.3) is 0 Å². The number of β-amino-alcohol motifs (C(OH)–C–C–N with tert-alkyl or cyclic N) is 1. The fourth-order valence-corrected chi connectivity index (χ4v) is 2.22. The SMILES string of the molecule is O[C@H]1CN[C@H](c2nc(Cc3ccc(F)cc3F)no2)C1. The molecule has 2 heterocycles. The molecule has 20 heavy (non-hydrogen) atoms. The summed E-state index contributed by atoms with van der Waals surface area (Å²) in [6.07, 6.45) is 0.210. The highest BCUT2D eigenvalue weighted by Gasteiger charge is 2.28. The van der Waals surface area contributed by atoms with Crippen molar-refractivity contribution in [3.8, 4) is 0 Å². The zero-order valence-corrected chi connectivity index (χ0v) is 10.5. The average Bonchev–Trinajstić information content (AvgIpc) is 3.02. The van der Waals surface area contributed by atoms with E-state index in [-0.39, 0.29) is 12.5 Å². The van der Waals surface area contributed by atoms with E-state index in [1.165, 1.54) is 12.1 Å². The maximum Gasteiger partial charge on any atom is 0.243 e. The molecule has 0 spiro atoms. The molecule has 106 valence electrons. The van der Waals surface area contributed by atoms with Crippen LogP contribution in [-0.4, -0.2) is 27.9 Å². The second-order valence-electron chi connectivity index (χ2n) is 4.81. The number of aromatic nitrogens is 2. The van der Waals surface area contributed by atoms with Crippen molar-refractivity contribution in [2.45, 2.75) is 25.0 Å². The summed E-state index contributed by atoms with van der Waals surface area (Å²) < 4.78 is 31.4. The number of hydrogen-bond donors (Lipinski definition) is 2. The molecule has 3 rings (SSSR count). The van der Waals surface area contributed by atoms with Crippen LogP contribution < -0.4 is 5.32 Å². The van der Waals surface area contributed by atoms with Gasteiger partial charge in [0.1, 0.15) is 11.6 Å². The molecule has 0 unspecified atom stereocenters. The van der Waals surface area contributed by atoms with Crippen molar-refractivity contribution in [2.75, 3.05) is 6.54 Å². The maximum atomic E-state index is 13.5. The Morgan fingerprint density at radius 3 is 2.95 bits per heavy atom. The molecule has 0 radical (unpaired) electrons. The van der Waals surface area contributed by atoms with Crippen LogP contribution in [-0.2, 0) is 6.42 Å². The molecule has 1 saturated heterocycles. The van der Waals surface area contributed by atoms with Gasteiger partial charge in [0.15, 0.2) is 5.82 Å². The van der Waals surface area contributed by atoms with Gasteiger partial charge >= 0.3 is 0 Å². The zero-order chi connectivity index (χ0) is 14.1. The normalized spacial score (nSPS) is 22.4. The van der Waals surface area contributed by atoms with Crippen molar-refractivity contribution in [2.24, 2.45) is 0 Å². The van der Waals surface area contributed by atoms with E-state index < -0.39 is 17.7 Å². The van der Waals surface area contributed by atoms with Gasteiger partial charge in [-0.15, -0.1) is 0 Å². The lowest BCUT2D eigenvalue weighted by atomic mass is 10.1. The first-order valence-corrected chi connectivity index (χ1v) is 6.29. The van der Waals surface area contributed by atoms with Crippen LogP contribution in [0.3, 0.4) is 0 Å². The van der Waals surface area contributed by atoms with E-state index in [2.05, 4.69) is 15.5 Å². The standard InChI is InChI=1S/C13H13F2N3O2/c14-8-2-1-7(10(15)4-8)3-12-17-13(20-18-12)11-5-9(19)6-16-11/h1-2,4,9,11,16,19H,3,5-6H2/t9-,11+/m1/s1. The van der Waals surface area contributed by atoms with Crippen LogP contribution in [0.1, 0.15) is 29.7 Å². The summed E-state index contributed by atoms with van der Waals surface area (Å²) >= 11 is 0. The predicted octanol–water partition coefficient (Wildman–Crippen LogP) is 1.33. The quantitative estimate of drug-likeness (QED) is 0.888. The molecule has 5 nitrogen and oxygen atoms in total. The largest absolute Gasteiger partial charge is 0.392 e. The summed E-state index contributed by atoms with van der Waals surface area (Å²) in [5.74, 6) is -0.553. The summed E-state index contributed by atoms with van der Waals surface area (Å²) in [5.41, 5.74) is 0.304. The van der Waals surface area contributed by atoms with Gasteiger partial charge in [-0.1, -0.05) is 11.2 Å². The molecule has 1 aliphatic heterocycles. The van der Waals surface area contributed by atoms with Crippen LogP contribution in [0.4, 0.5) is 8.78 Å². The van der Waals surface area contributed by atoms with Gasteiger partial charge in [0, 0.05) is 19.0 Å². The van der Waals surface area contributed by atoms with E-state index in [0.717, 1.165) is 6.07 Å². The van der Waals surface area contributed by atoms with Crippen molar-refractivity contribution >= 4 is 0 Å². The van der Waals surface area contributed by atoms with E-state index in [0.29, 0.717) is 30.2 Å². The van der Waals surface area contributed by atoms with E-state index >= 15 is 0 Å². The van der Waals surface area contributed by atoms with E-state index in [9.17, 15) is 13.9 Å². The molecular weight excluding hydrogens is 268 g/mol. The summed E-state index contributed by atoms with van der Waals surface area (Å²) in [6, 6.07) is 3.20. The van der Waals surface area contributed by atoms with Gasteiger partial charge in [0.05, 0.1) is 12.1 Å². The zero-order valence-electron chi connectivity index (χ0n) is 10.5. The van der Waals surface area contributed by atoms with Crippen molar-refractivity contribution < 1.29 is 18.4 Å². The summed E-state index contributed by atoms with van der Waals surface area (Å²) in [4.78, 5) is 4.17. The molecule has 1 aromatic carbocycles. The Bertz CT molecular complexity index is 617. The minimum Gasteiger partial charge on any atom is -0.392 e. The lowest BCUT2D eigenvalue weighted by Gasteiger charge is -2.01. The Balaban J connectivity index is 1.74. The van der Waals surface area contributed by atoms with Crippen molar-refractivity contribution in [3.05, 3.63) is 47.1 Å². The molecule has 1 fully saturated rings. The van der Waals surface area contributed by atoms with Crippen LogP contribution in [0.2, 0.25) is 0 Å². The summed E-state index contributed by atoms with van der Waals surface area (Å²) in [5, 5.41) is 16.3. The smallest absolute Gasteiger partial charge is 0.243 e. The minimum absolute atomic E-state index is 0.130. The number of halogens is 2. The first kappa shape index (κ1) is 13.1. The van der Waals surface area contributed by atoms with E-state index in [1.807, 2.05) is 0 Å². The third kappa shape index (κ3) is 2.68. The van der Waals surface area contributed by atoms with Gasteiger partial charge in [-0.3, -0.25) is 0 Å². The average molecular weight is 281 g/mol. The molecular formula is C13H13F2N3O2. The van der Waals surface area contributed by atoms with E-state index in [1.54, 1.807) is 0 Å². The Kier molecular flexibility index (Phi) is 3.45. The number of rotatable bonds is 3. The lowest BCUT2D eigenvalue weighted by molar-refractivity contribution is 0.191. The molecule has 0 amide bonds. The summed E-state index contributed by atoms with van der Waals surface area (Å²) in [6.45, 7) is 0.481. The molecule has 2 N–H and O–H groups in total. The van der Waals surface area contributed by atoms with Gasteiger partial charge in [-0.2, -0.15) is 4.98 Å². The number of nitrogens with zero attached hydrogens (tertiary/aromatic N) is 2. The van der Waals surface area contributed by atoms with Crippen LogP contribution in [0.15, 0.2) is 22.7 Å². The van der Waals surface area contributed by atoms with Crippen LogP contribution >= 0.6 is 0 Å². The highest BCUT2D eigenvalue weighted by molar-refractivity contribution is 5.21. The monoisotopic (exact) mass is 281 g/mol. The molecule has 0 saturated carbocycles. The Morgan fingerprint density at radius 2 is 2.25 bits per heavy atom. The van der Waals surface area contributed by atoms with Crippen molar-refractivity contribution in [3.63, 3.8) is 0 Å². The summed E-state index contributed by atoms with van der Waals surface area (Å²) in [7, 11) is 0. The fourth-order valence-electron chi connectivity index (χ4n) is 2.22. The van der Waals surface area contributed by atoms with Crippen molar-refractivity contribution in [1.29, 1.82) is 0 Å². The highest BCUT2D eigenvalue weighted by atomic mass is 19.1. The predicted molar refractivity (Wildman–Crippen MR) is 64.8 cm³/mol. The van der Waals surface area contributed by atoms with Crippen LogP contribution in [0, 0.1) is 11.6 Å². The third-order valence-electron chi connectivity index (χ3n) is 3.25. The lowest BCUT2D eigenvalue weighted by Crippen LogP contribution is -2.15. The van der Waals surface area contributed by atoms with Gasteiger partial charge < -0.3 is 14.9 Å². The maximum absolute atomic E-state index is 13.5. The van der Waals surface area contributed by atoms with Gasteiger partial charge in [-0.25, -0.2) is 8.78 Å². The molecule has 7 heteroatoms. The number of nitrogens with one attached hydrogen (secondary N) is 1. The molecule has 2 atom stereocenters. The highest BCUT2D eigenvalue weighted by Crippen LogP contribution is 2.22. The fraction of sp³-hybridized carbons (Fsp3) is 0.385. The third-order valence-corrected chi connectivity index (χ3v) is 3.25. The minimum atomic E-state index is -0.634. The Hall–Kier alpha value is -1.86. The first-order valence-electron chi connectivity index (χ1n) is 6.29. The topological polar surface area (TPSA) is 71.2 Å². The number of aliphatic hydroxyl groups is 1. The second kappa shape index (κ2) is 5.26. The first-order chi connectivity index (χ1) is 9.61. The van der Waals surface area contributed by atoms with Crippen molar-refractivity contribution in [1.82, 2.24) is 15.5 Å². The molecule has 1 aliphatic rings. The number of aliphatic hydroxyl groups excluding tert-OH is 1. The number of benzene rings is 1. The number of hydrogen-bond acceptors (Lipinski definition) is 5. The van der Waals surface area contributed by atoms with Gasteiger partial charge in [-0.05, 0) is 18.1 Å². The molecule has 2 aromatic rings. The Morgan fingerprint density at radius 1 is 1.40 bits per heavy atom. The molecule has 1 aromatic heterocycles. The molecule has 0 bridgehead atoms. The van der Waals surface area contributed by atoms with Crippen LogP contribution in [0.25, 0.3) is 0 Å². The molecule has 0 aliphatic carbocycles. The van der Waals surface area contributed by atoms with E-state index in [4.69, 9.17) is 4.52 Å².